The molecule has 0 unspecified atom stereocenters. The van der Waals surface area contributed by atoms with Crippen LogP contribution in [0.5, 0.6) is 0 Å². The lowest BCUT2D eigenvalue weighted by molar-refractivity contribution is 0.0987. The minimum atomic E-state index is 0.130. The Hall–Kier alpha value is -1.15. The van der Waals surface area contributed by atoms with Gasteiger partial charge in [0.2, 0.25) is 0 Å². The van der Waals surface area contributed by atoms with Crippen molar-refractivity contribution in [3.05, 3.63) is 34.9 Å². The van der Waals surface area contributed by atoms with E-state index in [4.69, 9.17) is 5.11 Å². The smallest absolute Gasteiger partial charge is 0.162 e. The summed E-state index contributed by atoms with van der Waals surface area (Å²) >= 11 is 0. The van der Waals surface area contributed by atoms with Crippen LogP contribution in [0.25, 0.3) is 0 Å². The van der Waals surface area contributed by atoms with Crippen LogP contribution in [0.4, 0.5) is 0 Å². The molecule has 0 heterocycles. The van der Waals surface area contributed by atoms with Gasteiger partial charge in [-0.2, -0.15) is 0 Å². The second-order valence-corrected chi connectivity index (χ2v) is 3.34. The van der Waals surface area contributed by atoms with E-state index in [-0.39, 0.29) is 12.4 Å². The zero-order chi connectivity index (χ0) is 10.6. The maximum Gasteiger partial charge on any atom is 0.162 e. The van der Waals surface area contributed by atoms with Crippen molar-refractivity contribution in [2.45, 2.75) is 26.7 Å². The molecule has 0 saturated heterocycles. The van der Waals surface area contributed by atoms with E-state index >= 15 is 0 Å². The Morgan fingerprint density at radius 1 is 1.43 bits per heavy atom. The van der Waals surface area contributed by atoms with Crippen molar-refractivity contribution in [2.24, 2.45) is 0 Å². The van der Waals surface area contributed by atoms with Gasteiger partial charge in [-0.25, -0.2) is 0 Å². The highest BCUT2D eigenvalue weighted by Gasteiger charge is 2.08. The van der Waals surface area contributed by atoms with Crippen molar-refractivity contribution in [2.75, 3.05) is 6.61 Å². The van der Waals surface area contributed by atoms with E-state index in [9.17, 15) is 4.79 Å². The van der Waals surface area contributed by atoms with Crippen molar-refractivity contribution < 1.29 is 9.90 Å². The van der Waals surface area contributed by atoms with Gasteiger partial charge >= 0.3 is 0 Å². The van der Waals surface area contributed by atoms with Crippen LogP contribution < -0.4 is 0 Å². The molecule has 0 amide bonds. The first-order valence-corrected chi connectivity index (χ1v) is 4.93. The molecule has 0 atom stereocenters. The molecule has 0 saturated carbocycles. The number of ketones is 1. The summed E-state index contributed by atoms with van der Waals surface area (Å²) < 4.78 is 0. The molecular weight excluding hydrogens is 176 g/mol. The number of carbonyl (C=O) groups is 1. The monoisotopic (exact) mass is 192 g/mol. The molecule has 76 valence electrons. The zero-order valence-electron chi connectivity index (χ0n) is 8.71. The third-order valence-electron chi connectivity index (χ3n) is 2.45. The molecule has 0 fully saturated rings. The third-order valence-corrected chi connectivity index (χ3v) is 2.45. The topological polar surface area (TPSA) is 37.3 Å². The third kappa shape index (κ3) is 2.20. The second-order valence-electron chi connectivity index (χ2n) is 3.34. The van der Waals surface area contributed by atoms with E-state index in [2.05, 4.69) is 0 Å². The molecule has 0 bridgehead atoms. The van der Waals surface area contributed by atoms with Gasteiger partial charge in [0.05, 0.1) is 0 Å². The summed E-state index contributed by atoms with van der Waals surface area (Å²) in [4.78, 5) is 11.5. The number of rotatable bonds is 4. The molecule has 0 aromatic heterocycles. The van der Waals surface area contributed by atoms with Gasteiger partial charge in [-0.15, -0.1) is 0 Å². The first-order valence-electron chi connectivity index (χ1n) is 4.93. The van der Waals surface area contributed by atoms with Gasteiger partial charge in [-0.05, 0) is 24.5 Å². The van der Waals surface area contributed by atoms with Gasteiger partial charge in [-0.1, -0.05) is 25.1 Å². The SMILES string of the molecule is CCC(=O)c1cccc(CCO)c1C. The lowest BCUT2D eigenvalue weighted by Gasteiger charge is -2.08. The predicted molar refractivity (Wildman–Crippen MR) is 56.6 cm³/mol. The standard InChI is InChI=1S/C12H16O2/c1-3-12(14)11-6-4-5-10(7-8-13)9(11)2/h4-6,13H,3,7-8H2,1-2H3. The van der Waals surface area contributed by atoms with Crippen LogP contribution >= 0.6 is 0 Å². The summed E-state index contributed by atoms with van der Waals surface area (Å²) in [5.74, 6) is 0.169. The van der Waals surface area contributed by atoms with Gasteiger partial charge in [0.1, 0.15) is 0 Å². The Labute approximate surface area is 84.6 Å². The first-order chi connectivity index (χ1) is 6.70. The molecule has 2 heteroatoms. The minimum Gasteiger partial charge on any atom is -0.396 e. The fourth-order valence-corrected chi connectivity index (χ4v) is 1.57. The Balaban J connectivity index is 3.07. The van der Waals surface area contributed by atoms with Crippen molar-refractivity contribution in [3.63, 3.8) is 0 Å². The molecule has 14 heavy (non-hydrogen) atoms. The summed E-state index contributed by atoms with van der Waals surface area (Å²) in [5.41, 5.74) is 2.86. The fourth-order valence-electron chi connectivity index (χ4n) is 1.57. The van der Waals surface area contributed by atoms with Gasteiger partial charge in [-0.3, -0.25) is 4.79 Å². The molecule has 0 aliphatic carbocycles. The molecule has 1 rings (SSSR count). The Morgan fingerprint density at radius 3 is 2.71 bits per heavy atom. The molecule has 0 spiro atoms. The highest BCUT2D eigenvalue weighted by molar-refractivity contribution is 5.97. The Bertz CT molecular complexity index is 329. The number of aliphatic hydroxyl groups is 1. The lowest BCUT2D eigenvalue weighted by atomic mass is 9.97. The maximum atomic E-state index is 11.5. The minimum absolute atomic E-state index is 0.130. The van der Waals surface area contributed by atoms with Crippen molar-refractivity contribution in [1.82, 2.24) is 0 Å². The molecule has 1 aromatic rings. The van der Waals surface area contributed by atoms with E-state index in [1.165, 1.54) is 0 Å². The maximum absolute atomic E-state index is 11.5. The number of hydrogen-bond acceptors (Lipinski definition) is 2. The molecule has 1 aromatic carbocycles. The molecule has 0 radical (unpaired) electrons. The second kappa shape index (κ2) is 4.91. The van der Waals surface area contributed by atoms with Crippen molar-refractivity contribution in [1.29, 1.82) is 0 Å². The van der Waals surface area contributed by atoms with Gasteiger partial charge < -0.3 is 5.11 Å². The summed E-state index contributed by atoms with van der Waals surface area (Å²) in [6.07, 6.45) is 1.15. The summed E-state index contributed by atoms with van der Waals surface area (Å²) in [5, 5.41) is 8.85. The fraction of sp³-hybridized carbons (Fsp3) is 0.417. The van der Waals surface area contributed by atoms with E-state index in [1.54, 1.807) is 0 Å². The number of hydrogen-bond donors (Lipinski definition) is 1. The highest BCUT2D eigenvalue weighted by atomic mass is 16.2. The predicted octanol–water partition coefficient (Wildman–Crippen LogP) is 2.12. The van der Waals surface area contributed by atoms with Gasteiger partial charge in [0, 0.05) is 18.6 Å². The molecule has 0 aliphatic heterocycles. The summed E-state index contributed by atoms with van der Waals surface area (Å²) in [7, 11) is 0. The van der Waals surface area contributed by atoms with Crippen LogP contribution in [0, 0.1) is 6.92 Å². The van der Waals surface area contributed by atoms with Crippen LogP contribution in [-0.4, -0.2) is 17.5 Å². The number of aliphatic hydroxyl groups excluding tert-OH is 1. The Kier molecular flexibility index (Phi) is 3.84. The average Bonchev–Trinajstić information content (AvgIpc) is 2.20. The van der Waals surface area contributed by atoms with Gasteiger partial charge in [0.15, 0.2) is 5.78 Å². The van der Waals surface area contributed by atoms with Crippen LogP contribution in [0.15, 0.2) is 18.2 Å². The van der Waals surface area contributed by atoms with Crippen molar-refractivity contribution in [3.8, 4) is 0 Å². The van der Waals surface area contributed by atoms with E-state index in [1.807, 2.05) is 32.0 Å². The van der Waals surface area contributed by atoms with Crippen LogP contribution in [0.3, 0.4) is 0 Å². The molecule has 1 N–H and O–H groups in total. The highest BCUT2D eigenvalue weighted by Crippen LogP contribution is 2.15. The summed E-state index contributed by atoms with van der Waals surface area (Å²) in [6.45, 7) is 3.93. The largest absolute Gasteiger partial charge is 0.396 e. The zero-order valence-corrected chi connectivity index (χ0v) is 8.71. The number of Topliss-reactive ketones (excluding diaryl/α,β-unsaturated/α-hetero) is 1. The average molecular weight is 192 g/mol. The summed E-state index contributed by atoms with van der Waals surface area (Å²) in [6, 6.07) is 5.68. The molecular formula is C12H16O2. The quantitative estimate of drug-likeness (QED) is 0.742. The first kappa shape index (κ1) is 10.9. The van der Waals surface area contributed by atoms with E-state index in [0.29, 0.717) is 12.8 Å². The number of carbonyl (C=O) groups excluding carboxylic acids is 1. The number of benzene rings is 1. The van der Waals surface area contributed by atoms with Crippen LogP contribution in [0.1, 0.15) is 34.8 Å². The molecule has 0 aliphatic rings. The van der Waals surface area contributed by atoms with E-state index in [0.717, 1.165) is 16.7 Å². The van der Waals surface area contributed by atoms with Crippen molar-refractivity contribution >= 4 is 5.78 Å². The van der Waals surface area contributed by atoms with Crippen LogP contribution in [0.2, 0.25) is 0 Å². The molecule has 2 nitrogen and oxygen atoms in total. The van der Waals surface area contributed by atoms with Crippen LogP contribution in [-0.2, 0) is 6.42 Å². The Morgan fingerprint density at radius 2 is 2.14 bits per heavy atom. The van der Waals surface area contributed by atoms with E-state index < -0.39 is 0 Å². The van der Waals surface area contributed by atoms with Gasteiger partial charge in [0.25, 0.3) is 0 Å². The lowest BCUT2D eigenvalue weighted by Crippen LogP contribution is -2.03. The normalized spacial score (nSPS) is 10.2.